The Hall–Kier alpha value is -0.710. The molecule has 8 atom stereocenters. The first-order valence-corrected chi connectivity index (χ1v) is 11.7. The first-order valence-electron chi connectivity index (χ1n) is 15.2. The first kappa shape index (κ1) is 14.4. The van der Waals surface area contributed by atoms with Crippen LogP contribution in [-0.4, -0.2) is 35.5 Å². The molecule has 0 aromatic carbocycles. The average Bonchev–Trinajstić information content (AvgIpc) is 3.10. The smallest absolute Gasteiger partial charge is 0.162 e. The standard InChI is InChI=1S/C26H40O4/c1-17(27)26(30-23-6-4-5-15-29-23)14-11-22-20-8-7-18-16-19(28)9-12-24(18,2)21(20)10-13-25(22,26)3/h7,19-23,28H,4-6,8-16H2,1-3H3/t19-,20+,21-,22-,23?,24-,25-,26-/m0/s1/i1D3,9D2,16D2. The molecule has 30 heavy (non-hydrogen) atoms. The van der Waals surface area contributed by atoms with Gasteiger partial charge in [-0.15, -0.1) is 0 Å². The van der Waals surface area contributed by atoms with E-state index in [4.69, 9.17) is 19.1 Å². The van der Waals surface area contributed by atoms with Crippen LogP contribution in [0.4, 0.5) is 0 Å². The highest BCUT2D eigenvalue weighted by Gasteiger charge is 2.67. The molecular formula is C26H40O4. The van der Waals surface area contributed by atoms with Crippen LogP contribution >= 0.6 is 0 Å². The Morgan fingerprint density at radius 3 is 2.83 bits per heavy atom. The molecule has 5 aliphatic rings. The highest BCUT2D eigenvalue weighted by molar-refractivity contribution is 5.86. The number of aliphatic hydroxyl groups is 1. The average molecular weight is 424 g/mol. The maximum atomic E-state index is 13.7. The molecule has 0 aromatic heterocycles. The van der Waals surface area contributed by atoms with Gasteiger partial charge in [0, 0.05) is 21.6 Å². The number of ether oxygens (including phenoxy) is 2. The summed E-state index contributed by atoms with van der Waals surface area (Å²) in [6.45, 7) is 1.65. The number of carbonyl (C=O) groups excluding carboxylic acids is 1. The van der Waals surface area contributed by atoms with Gasteiger partial charge in [0.25, 0.3) is 0 Å². The molecule has 168 valence electrons. The second kappa shape index (κ2) is 7.42. The normalized spacial score (nSPS) is 58.0. The van der Waals surface area contributed by atoms with E-state index in [0.717, 1.165) is 12.8 Å². The predicted molar refractivity (Wildman–Crippen MR) is 116 cm³/mol. The molecule has 1 aliphatic heterocycles. The van der Waals surface area contributed by atoms with Crippen LogP contribution in [0, 0.1) is 28.6 Å². The maximum absolute atomic E-state index is 13.7. The zero-order valence-electron chi connectivity index (χ0n) is 25.2. The Morgan fingerprint density at radius 1 is 1.23 bits per heavy atom. The summed E-state index contributed by atoms with van der Waals surface area (Å²) >= 11 is 0. The van der Waals surface area contributed by atoms with E-state index in [1.165, 1.54) is 0 Å². The van der Waals surface area contributed by atoms with E-state index < -0.39 is 54.2 Å². The molecule has 4 heteroatoms. The first-order chi connectivity index (χ1) is 17.0. The van der Waals surface area contributed by atoms with Crippen LogP contribution in [0.5, 0.6) is 0 Å². The van der Waals surface area contributed by atoms with Gasteiger partial charge in [-0.3, -0.25) is 4.79 Å². The van der Waals surface area contributed by atoms with Crippen molar-refractivity contribution in [1.82, 2.24) is 0 Å². The van der Waals surface area contributed by atoms with Gasteiger partial charge in [0.1, 0.15) is 5.60 Å². The zero-order valence-corrected chi connectivity index (χ0v) is 18.2. The summed E-state index contributed by atoms with van der Waals surface area (Å²) < 4.78 is 70.6. The molecule has 0 bridgehead atoms. The second-order valence-electron chi connectivity index (χ2n) is 10.6. The van der Waals surface area contributed by atoms with Crippen LogP contribution in [0.1, 0.15) is 101 Å². The van der Waals surface area contributed by atoms with Crippen molar-refractivity contribution in [2.75, 3.05) is 6.61 Å². The van der Waals surface area contributed by atoms with Gasteiger partial charge < -0.3 is 14.6 Å². The van der Waals surface area contributed by atoms with E-state index in [9.17, 15) is 9.90 Å². The Morgan fingerprint density at radius 2 is 2.07 bits per heavy atom. The lowest BCUT2D eigenvalue weighted by molar-refractivity contribution is -0.253. The van der Waals surface area contributed by atoms with Crippen molar-refractivity contribution in [2.24, 2.45) is 28.6 Å². The summed E-state index contributed by atoms with van der Waals surface area (Å²) in [7, 11) is 0. The monoisotopic (exact) mass is 423 g/mol. The maximum Gasteiger partial charge on any atom is 0.162 e. The van der Waals surface area contributed by atoms with Crippen molar-refractivity contribution < 1.29 is 29.0 Å². The number of aliphatic hydroxyl groups excluding tert-OH is 1. The van der Waals surface area contributed by atoms with Gasteiger partial charge in [0.2, 0.25) is 0 Å². The van der Waals surface area contributed by atoms with Gasteiger partial charge in [0.15, 0.2) is 12.1 Å². The fourth-order valence-corrected chi connectivity index (χ4v) is 7.70. The molecule has 0 spiro atoms. The number of hydrogen-bond acceptors (Lipinski definition) is 4. The summed E-state index contributed by atoms with van der Waals surface area (Å²) in [4.78, 5) is 13.7. The SMILES string of the molecule is [2H]C([2H])([2H])C(=O)[C@@]1(OC2CCCCO2)CC[C@H]2[C@@H]3CC=C4C([2H])([2H])[C@@H](O)C([2H])([2H])C[C@]4(C)[C@H]3CC[C@@]21C. The van der Waals surface area contributed by atoms with Gasteiger partial charge in [-0.2, -0.15) is 0 Å². The third kappa shape index (κ3) is 2.93. The molecule has 4 aliphatic carbocycles. The highest BCUT2D eigenvalue weighted by atomic mass is 16.7. The van der Waals surface area contributed by atoms with Crippen molar-refractivity contribution >= 4 is 5.78 Å². The van der Waals surface area contributed by atoms with E-state index in [2.05, 4.69) is 0 Å². The van der Waals surface area contributed by atoms with Crippen LogP contribution in [0.25, 0.3) is 0 Å². The lowest BCUT2D eigenvalue weighted by Gasteiger charge is -2.59. The van der Waals surface area contributed by atoms with Crippen molar-refractivity contribution in [2.45, 2.75) is 109 Å². The largest absolute Gasteiger partial charge is 0.393 e. The minimum atomic E-state index is -2.80. The minimum Gasteiger partial charge on any atom is -0.393 e. The summed E-state index contributed by atoms with van der Waals surface area (Å²) in [5, 5.41) is 10.6. The van der Waals surface area contributed by atoms with Crippen LogP contribution in [0.15, 0.2) is 11.6 Å². The summed E-state index contributed by atoms with van der Waals surface area (Å²) in [6.07, 6.45) is 0.374. The lowest BCUT2D eigenvalue weighted by Crippen LogP contribution is -2.59. The van der Waals surface area contributed by atoms with Crippen molar-refractivity contribution in [3.05, 3.63) is 11.6 Å². The van der Waals surface area contributed by atoms with E-state index in [-0.39, 0.29) is 24.2 Å². The van der Waals surface area contributed by atoms with Gasteiger partial charge in [0.05, 0.1) is 6.10 Å². The number of carbonyl (C=O) groups is 1. The van der Waals surface area contributed by atoms with E-state index >= 15 is 0 Å². The number of allylic oxidation sites excluding steroid dienone is 1. The van der Waals surface area contributed by atoms with E-state index in [1.54, 1.807) is 0 Å². The Bertz CT molecular complexity index is 974. The van der Waals surface area contributed by atoms with Crippen molar-refractivity contribution in [1.29, 1.82) is 0 Å². The number of ketones is 1. The molecule has 0 radical (unpaired) electrons. The predicted octanol–water partition coefficient (Wildman–Crippen LogP) is 5.18. The van der Waals surface area contributed by atoms with Crippen LogP contribution in [-0.2, 0) is 14.3 Å². The molecule has 1 unspecified atom stereocenters. The summed E-state index contributed by atoms with van der Waals surface area (Å²) in [6, 6.07) is 0. The van der Waals surface area contributed by atoms with Crippen molar-refractivity contribution in [3.63, 3.8) is 0 Å². The fraction of sp³-hybridized carbons (Fsp3) is 0.885. The van der Waals surface area contributed by atoms with E-state index in [1.807, 2.05) is 19.9 Å². The summed E-state index contributed by atoms with van der Waals surface area (Å²) in [5.74, 6) is -0.868. The van der Waals surface area contributed by atoms with Crippen molar-refractivity contribution in [3.8, 4) is 0 Å². The number of hydrogen-bond donors (Lipinski definition) is 1. The van der Waals surface area contributed by atoms with Gasteiger partial charge in [-0.1, -0.05) is 25.5 Å². The molecule has 1 saturated heterocycles. The molecule has 0 amide bonds. The molecule has 4 nitrogen and oxygen atoms in total. The molecule has 5 rings (SSSR count). The fourth-order valence-electron chi connectivity index (χ4n) is 7.70. The second-order valence-corrected chi connectivity index (χ2v) is 10.6. The molecule has 4 fully saturated rings. The topological polar surface area (TPSA) is 55.8 Å². The number of Topliss-reactive ketones (excluding diaryl/α,β-unsaturated/α-hetero) is 1. The Kier molecular flexibility index (Phi) is 3.57. The van der Waals surface area contributed by atoms with Gasteiger partial charge >= 0.3 is 0 Å². The molecular weight excluding hydrogens is 376 g/mol. The number of fused-ring (bicyclic) bond motifs is 5. The molecule has 0 aromatic rings. The van der Waals surface area contributed by atoms with E-state index in [0.29, 0.717) is 50.7 Å². The minimum absolute atomic E-state index is 0.0284. The molecule has 1 heterocycles. The molecule has 1 N–H and O–H groups in total. The van der Waals surface area contributed by atoms with Crippen LogP contribution in [0.3, 0.4) is 0 Å². The Balaban J connectivity index is 1.54. The lowest BCUT2D eigenvalue weighted by atomic mass is 9.46. The highest BCUT2D eigenvalue weighted by Crippen LogP contribution is 2.68. The van der Waals surface area contributed by atoms with Gasteiger partial charge in [-0.05, 0) is 101 Å². The Labute approximate surface area is 191 Å². The quantitative estimate of drug-likeness (QED) is 0.635. The van der Waals surface area contributed by atoms with Crippen LogP contribution < -0.4 is 0 Å². The summed E-state index contributed by atoms with van der Waals surface area (Å²) in [5.41, 5.74) is -2.49. The zero-order chi connectivity index (χ0) is 27.2. The van der Waals surface area contributed by atoms with Crippen LogP contribution in [0.2, 0.25) is 0 Å². The third-order valence-corrected chi connectivity index (χ3v) is 9.38. The van der Waals surface area contributed by atoms with Gasteiger partial charge in [-0.25, -0.2) is 0 Å². The molecule has 3 saturated carbocycles. The number of rotatable bonds is 3. The third-order valence-electron chi connectivity index (χ3n) is 9.38.